The first-order valence-corrected chi connectivity index (χ1v) is 11.7. The summed E-state index contributed by atoms with van der Waals surface area (Å²) in [6.45, 7) is 3.77. The lowest BCUT2D eigenvalue weighted by molar-refractivity contribution is -0.142. The van der Waals surface area contributed by atoms with Crippen LogP contribution >= 0.6 is 0 Å². The molecule has 4 aromatic rings. The molecule has 0 saturated carbocycles. The van der Waals surface area contributed by atoms with Gasteiger partial charge in [0, 0.05) is 11.7 Å². The van der Waals surface area contributed by atoms with Crippen molar-refractivity contribution in [3.63, 3.8) is 0 Å². The first-order chi connectivity index (χ1) is 17.4. The Hall–Kier alpha value is -4.27. The molecule has 3 aromatic carbocycles. The van der Waals surface area contributed by atoms with Gasteiger partial charge in [0.25, 0.3) is 5.91 Å². The number of anilines is 1. The molecule has 4 rings (SSSR count). The van der Waals surface area contributed by atoms with E-state index in [1.165, 1.54) is 28.9 Å². The number of benzene rings is 3. The topological polar surface area (TPSA) is 89.4 Å². The molecule has 2 atom stereocenters. The number of amides is 2. The van der Waals surface area contributed by atoms with Crippen LogP contribution in [-0.2, 0) is 16.1 Å². The Bertz CT molecular complexity index is 1360. The largest absolute Gasteiger partial charge is 0.497 e. The van der Waals surface area contributed by atoms with E-state index in [0.29, 0.717) is 28.9 Å². The van der Waals surface area contributed by atoms with Gasteiger partial charge in [-0.15, -0.1) is 5.10 Å². The van der Waals surface area contributed by atoms with Crippen LogP contribution in [0.3, 0.4) is 0 Å². The van der Waals surface area contributed by atoms with Crippen LogP contribution in [0.4, 0.5) is 10.1 Å². The lowest BCUT2D eigenvalue weighted by atomic mass is 10.0. The van der Waals surface area contributed by atoms with Gasteiger partial charge < -0.3 is 15.0 Å². The number of ether oxygens (including phenoxy) is 1. The Balaban J connectivity index is 1.73. The minimum atomic E-state index is -0.970. The fourth-order valence-corrected chi connectivity index (χ4v) is 4.08. The molecule has 9 heteroatoms. The molecule has 0 aliphatic heterocycles. The van der Waals surface area contributed by atoms with Crippen LogP contribution in [0.5, 0.6) is 5.75 Å². The standard InChI is InChI=1S/C27H28FN5O3/c1-4-18(2)33(25(34)17-32-24-11-6-5-10-23(24)30-31-32)26(19-8-7-9-22(16-19)36-3)27(35)29-21-14-12-20(28)13-15-21/h5-16,18,26H,4,17H2,1-3H3,(H,29,35)/t18-,26+/m0/s1. The second kappa shape index (κ2) is 11.0. The van der Waals surface area contributed by atoms with Crippen molar-refractivity contribution >= 4 is 28.5 Å². The Morgan fingerprint density at radius 3 is 2.56 bits per heavy atom. The fraction of sp³-hybridized carbons (Fsp3) is 0.259. The average Bonchev–Trinajstić information content (AvgIpc) is 3.30. The van der Waals surface area contributed by atoms with Crippen molar-refractivity contribution in [1.29, 1.82) is 0 Å². The minimum absolute atomic E-state index is 0.0881. The number of carbonyl (C=O) groups excluding carboxylic acids is 2. The predicted molar refractivity (Wildman–Crippen MR) is 135 cm³/mol. The average molecular weight is 490 g/mol. The number of fused-ring (bicyclic) bond motifs is 1. The zero-order valence-corrected chi connectivity index (χ0v) is 20.4. The lowest BCUT2D eigenvalue weighted by Gasteiger charge is -2.36. The van der Waals surface area contributed by atoms with Gasteiger partial charge in [-0.1, -0.05) is 36.4 Å². The van der Waals surface area contributed by atoms with E-state index in [9.17, 15) is 14.0 Å². The number of carbonyl (C=O) groups is 2. The van der Waals surface area contributed by atoms with E-state index >= 15 is 0 Å². The van der Waals surface area contributed by atoms with Gasteiger partial charge in [0.2, 0.25) is 5.91 Å². The van der Waals surface area contributed by atoms with Gasteiger partial charge in [-0.3, -0.25) is 9.59 Å². The summed E-state index contributed by atoms with van der Waals surface area (Å²) in [4.78, 5) is 29.1. The van der Waals surface area contributed by atoms with Crippen molar-refractivity contribution in [3.8, 4) is 5.75 Å². The van der Waals surface area contributed by atoms with E-state index in [1.54, 1.807) is 36.3 Å². The summed E-state index contributed by atoms with van der Waals surface area (Å²) in [5, 5.41) is 11.1. The third-order valence-electron chi connectivity index (χ3n) is 6.11. The van der Waals surface area contributed by atoms with Crippen molar-refractivity contribution in [2.45, 2.75) is 38.9 Å². The van der Waals surface area contributed by atoms with Crippen molar-refractivity contribution in [2.75, 3.05) is 12.4 Å². The molecule has 0 aliphatic rings. The van der Waals surface area contributed by atoms with Crippen molar-refractivity contribution in [1.82, 2.24) is 19.9 Å². The molecular weight excluding hydrogens is 461 g/mol. The van der Waals surface area contributed by atoms with Gasteiger partial charge in [-0.2, -0.15) is 0 Å². The molecule has 0 aliphatic carbocycles. The van der Waals surface area contributed by atoms with Crippen LogP contribution in [0.2, 0.25) is 0 Å². The molecule has 0 unspecified atom stereocenters. The van der Waals surface area contributed by atoms with Crippen LogP contribution in [0.25, 0.3) is 11.0 Å². The van der Waals surface area contributed by atoms with Crippen LogP contribution in [-0.4, -0.2) is 44.9 Å². The highest BCUT2D eigenvalue weighted by Gasteiger charge is 2.35. The maximum absolute atomic E-state index is 13.8. The number of hydrogen-bond donors (Lipinski definition) is 1. The number of nitrogens with one attached hydrogen (secondary N) is 1. The summed E-state index contributed by atoms with van der Waals surface area (Å²) in [7, 11) is 1.54. The zero-order chi connectivity index (χ0) is 25.7. The van der Waals surface area contributed by atoms with Crippen LogP contribution < -0.4 is 10.1 Å². The molecule has 186 valence electrons. The molecule has 2 amide bonds. The summed E-state index contributed by atoms with van der Waals surface area (Å²) in [5.41, 5.74) is 2.42. The summed E-state index contributed by atoms with van der Waals surface area (Å²) in [6.07, 6.45) is 0.619. The van der Waals surface area contributed by atoms with Crippen LogP contribution in [0.15, 0.2) is 72.8 Å². The minimum Gasteiger partial charge on any atom is -0.497 e. The third-order valence-corrected chi connectivity index (χ3v) is 6.11. The summed E-state index contributed by atoms with van der Waals surface area (Å²) < 4.78 is 20.3. The normalized spacial score (nSPS) is 12.7. The first kappa shape index (κ1) is 24.8. The van der Waals surface area contributed by atoms with Gasteiger partial charge in [-0.25, -0.2) is 9.07 Å². The SMILES string of the molecule is CC[C@H](C)N(C(=O)Cn1nnc2ccccc21)[C@@H](C(=O)Nc1ccc(F)cc1)c1cccc(OC)c1. The predicted octanol–water partition coefficient (Wildman–Crippen LogP) is 4.59. The molecule has 8 nitrogen and oxygen atoms in total. The number of halogens is 1. The molecule has 0 fully saturated rings. The fourth-order valence-electron chi connectivity index (χ4n) is 4.08. The Morgan fingerprint density at radius 2 is 1.83 bits per heavy atom. The van der Waals surface area contributed by atoms with E-state index in [1.807, 2.05) is 38.1 Å². The van der Waals surface area contributed by atoms with Gasteiger partial charge in [0.1, 0.15) is 29.7 Å². The van der Waals surface area contributed by atoms with Gasteiger partial charge >= 0.3 is 0 Å². The van der Waals surface area contributed by atoms with E-state index in [2.05, 4.69) is 15.6 Å². The summed E-state index contributed by atoms with van der Waals surface area (Å²) >= 11 is 0. The first-order valence-electron chi connectivity index (χ1n) is 11.7. The monoisotopic (exact) mass is 489 g/mol. The van der Waals surface area contributed by atoms with Gasteiger partial charge in [0.15, 0.2) is 0 Å². The number of hydrogen-bond acceptors (Lipinski definition) is 5. The quantitative estimate of drug-likeness (QED) is 0.372. The Morgan fingerprint density at radius 1 is 1.08 bits per heavy atom. The number of methoxy groups -OCH3 is 1. The highest BCUT2D eigenvalue weighted by molar-refractivity contribution is 5.98. The van der Waals surface area contributed by atoms with E-state index in [4.69, 9.17) is 4.74 Å². The smallest absolute Gasteiger partial charge is 0.251 e. The van der Waals surface area contributed by atoms with Gasteiger partial charge in [0.05, 0.1) is 12.6 Å². The molecule has 0 bridgehead atoms. The molecular formula is C27H28FN5O3. The Kier molecular flexibility index (Phi) is 7.58. The van der Waals surface area contributed by atoms with E-state index < -0.39 is 17.8 Å². The number of rotatable bonds is 9. The van der Waals surface area contributed by atoms with E-state index in [-0.39, 0.29) is 18.5 Å². The zero-order valence-electron chi connectivity index (χ0n) is 20.4. The molecule has 36 heavy (non-hydrogen) atoms. The second-order valence-electron chi connectivity index (χ2n) is 8.47. The molecule has 1 N–H and O–H groups in total. The highest BCUT2D eigenvalue weighted by atomic mass is 19.1. The lowest BCUT2D eigenvalue weighted by Crippen LogP contribution is -2.47. The summed E-state index contributed by atoms with van der Waals surface area (Å²) in [5.74, 6) is -0.561. The highest BCUT2D eigenvalue weighted by Crippen LogP contribution is 2.29. The molecule has 0 radical (unpaired) electrons. The molecule has 1 heterocycles. The Labute approximate surface area is 208 Å². The maximum Gasteiger partial charge on any atom is 0.251 e. The van der Waals surface area contributed by atoms with Crippen LogP contribution in [0, 0.1) is 5.82 Å². The summed E-state index contributed by atoms with van der Waals surface area (Å²) in [6, 6.07) is 18.7. The van der Waals surface area contributed by atoms with Crippen molar-refractivity contribution < 1.29 is 18.7 Å². The van der Waals surface area contributed by atoms with Crippen LogP contribution in [0.1, 0.15) is 31.9 Å². The van der Waals surface area contributed by atoms with E-state index in [0.717, 1.165) is 5.52 Å². The third kappa shape index (κ3) is 5.35. The number of nitrogens with zero attached hydrogens (tertiary/aromatic N) is 4. The number of aromatic nitrogens is 3. The maximum atomic E-state index is 13.8. The molecule has 1 aromatic heterocycles. The molecule has 0 saturated heterocycles. The molecule has 0 spiro atoms. The van der Waals surface area contributed by atoms with Crippen molar-refractivity contribution in [2.24, 2.45) is 0 Å². The van der Waals surface area contributed by atoms with Gasteiger partial charge in [-0.05, 0) is 67.4 Å². The number of para-hydroxylation sites is 1. The van der Waals surface area contributed by atoms with Crippen molar-refractivity contribution in [3.05, 3.63) is 84.2 Å². The second-order valence-corrected chi connectivity index (χ2v) is 8.47.